The minimum absolute atomic E-state index is 0.0617. The number of hydrogen-bond donors (Lipinski definition) is 1. The Morgan fingerprint density at radius 2 is 1.06 bits per heavy atom. The van der Waals surface area contributed by atoms with Crippen molar-refractivity contribution in [3.63, 3.8) is 0 Å². The summed E-state index contributed by atoms with van der Waals surface area (Å²) in [6.45, 7) is 4.31. The molecule has 0 atom stereocenters. The zero-order valence-electron chi connectivity index (χ0n) is 19.2. The maximum Gasteiger partial charge on any atom is 0.143 e. The zero-order chi connectivity index (χ0) is 23.0. The average molecular weight is 437 g/mol. The molecular weight excluding hydrogens is 404 g/mol. The molecule has 0 unspecified atom stereocenters. The van der Waals surface area contributed by atoms with E-state index in [0.717, 1.165) is 28.2 Å². The second kappa shape index (κ2) is 10.6. The summed E-state index contributed by atoms with van der Waals surface area (Å²) >= 11 is 0. The Morgan fingerprint density at radius 3 is 1.50 bits per heavy atom. The highest BCUT2D eigenvalue weighted by molar-refractivity contribution is 5.49. The molecule has 5 heteroatoms. The summed E-state index contributed by atoms with van der Waals surface area (Å²) in [5.41, 5.74) is 1.44. The molecule has 0 aliphatic heterocycles. The fourth-order valence-corrected chi connectivity index (χ4v) is 3.63. The highest BCUT2D eigenvalue weighted by atomic mass is 16.6. The molecule has 32 heavy (non-hydrogen) atoms. The van der Waals surface area contributed by atoms with Crippen molar-refractivity contribution in [3.8, 4) is 11.5 Å². The van der Waals surface area contributed by atoms with Crippen LogP contribution in [0.4, 0.5) is 0 Å². The van der Waals surface area contributed by atoms with Gasteiger partial charge in [0.15, 0.2) is 0 Å². The lowest BCUT2D eigenvalue weighted by Crippen LogP contribution is -2.36. The van der Waals surface area contributed by atoms with E-state index in [4.69, 9.17) is 18.9 Å². The largest absolute Gasteiger partial charge is 0.497 e. The van der Waals surface area contributed by atoms with E-state index >= 15 is 0 Å². The maximum atomic E-state index is 9.50. The zero-order valence-corrected chi connectivity index (χ0v) is 19.2. The molecule has 5 nitrogen and oxygen atoms in total. The first-order valence-corrected chi connectivity index (χ1v) is 10.7. The van der Waals surface area contributed by atoms with Gasteiger partial charge in [-0.05, 0) is 54.8 Å². The van der Waals surface area contributed by atoms with Crippen LogP contribution in [0.3, 0.4) is 0 Å². The normalized spacial score (nSPS) is 11.9. The summed E-state index contributed by atoms with van der Waals surface area (Å²) < 4.78 is 23.3. The predicted molar refractivity (Wildman–Crippen MR) is 125 cm³/mol. The molecule has 0 aliphatic carbocycles. The van der Waals surface area contributed by atoms with Gasteiger partial charge < -0.3 is 24.1 Å². The van der Waals surface area contributed by atoms with E-state index in [1.54, 1.807) is 14.2 Å². The van der Waals surface area contributed by atoms with Crippen molar-refractivity contribution in [1.82, 2.24) is 0 Å². The third-order valence-corrected chi connectivity index (χ3v) is 5.45. The van der Waals surface area contributed by atoms with Crippen LogP contribution >= 0.6 is 0 Å². The van der Waals surface area contributed by atoms with Crippen LogP contribution < -0.4 is 9.47 Å². The highest BCUT2D eigenvalue weighted by Gasteiger charge is 2.38. The van der Waals surface area contributed by atoms with E-state index in [-0.39, 0.29) is 6.61 Å². The molecule has 0 bridgehead atoms. The van der Waals surface area contributed by atoms with Gasteiger partial charge in [-0.2, -0.15) is 0 Å². The number of hydrogen-bond acceptors (Lipinski definition) is 5. The van der Waals surface area contributed by atoms with Crippen molar-refractivity contribution < 1.29 is 24.1 Å². The molecule has 0 saturated carbocycles. The molecular formula is C27H32O5. The molecule has 0 spiro atoms. The van der Waals surface area contributed by atoms with Crippen molar-refractivity contribution in [3.05, 3.63) is 95.6 Å². The first-order valence-electron chi connectivity index (χ1n) is 10.7. The molecule has 0 radical (unpaired) electrons. The molecule has 0 saturated heterocycles. The average Bonchev–Trinajstić information content (AvgIpc) is 2.85. The van der Waals surface area contributed by atoms with Gasteiger partial charge in [0.25, 0.3) is 0 Å². The first kappa shape index (κ1) is 23.8. The topological polar surface area (TPSA) is 57.2 Å². The van der Waals surface area contributed by atoms with Crippen molar-refractivity contribution in [2.45, 2.75) is 25.0 Å². The van der Waals surface area contributed by atoms with E-state index in [1.165, 1.54) is 0 Å². The predicted octanol–water partition coefficient (Wildman–Crippen LogP) is 4.80. The van der Waals surface area contributed by atoms with Crippen LogP contribution in [0.15, 0.2) is 78.9 Å². The standard InChI is InChI=1S/C27H32O5/c1-26(2,20-28)31-18-19-32-27(21-8-6-5-7-9-21,22-10-14-24(29-3)15-11-22)23-12-16-25(30-4)17-13-23/h5-17,28H,18-20H2,1-4H3. The number of rotatable bonds is 11. The second-order valence-corrected chi connectivity index (χ2v) is 8.12. The molecule has 0 aliphatic rings. The van der Waals surface area contributed by atoms with Crippen LogP contribution in [0.5, 0.6) is 11.5 Å². The van der Waals surface area contributed by atoms with Crippen LogP contribution in [0.1, 0.15) is 30.5 Å². The van der Waals surface area contributed by atoms with Crippen LogP contribution in [0.25, 0.3) is 0 Å². The minimum atomic E-state index is -0.869. The number of aliphatic hydroxyl groups excluding tert-OH is 1. The third-order valence-electron chi connectivity index (χ3n) is 5.45. The second-order valence-electron chi connectivity index (χ2n) is 8.12. The van der Waals surface area contributed by atoms with Gasteiger partial charge >= 0.3 is 0 Å². The molecule has 3 aromatic carbocycles. The molecule has 3 aromatic rings. The Bertz CT molecular complexity index is 902. The Balaban J connectivity index is 2.08. The molecule has 0 heterocycles. The highest BCUT2D eigenvalue weighted by Crippen LogP contribution is 2.41. The fraction of sp³-hybridized carbons (Fsp3) is 0.333. The maximum absolute atomic E-state index is 9.50. The Morgan fingerprint density at radius 1 is 0.625 bits per heavy atom. The quantitative estimate of drug-likeness (QED) is 0.346. The van der Waals surface area contributed by atoms with Crippen molar-refractivity contribution >= 4 is 0 Å². The van der Waals surface area contributed by atoms with Crippen molar-refractivity contribution in [2.75, 3.05) is 34.0 Å². The van der Waals surface area contributed by atoms with Gasteiger partial charge in [0.05, 0.1) is 39.6 Å². The number of methoxy groups -OCH3 is 2. The summed E-state index contributed by atoms with van der Waals surface area (Å²) in [5, 5.41) is 9.50. The number of ether oxygens (including phenoxy) is 4. The summed E-state index contributed by atoms with van der Waals surface area (Å²) in [4.78, 5) is 0. The van der Waals surface area contributed by atoms with Crippen LogP contribution in [-0.2, 0) is 15.1 Å². The summed E-state index contributed by atoms with van der Waals surface area (Å²) in [7, 11) is 3.30. The van der Waals surface area contributed by atoms with Gasteiger partial charge in [-0.1, -0.05) is 54.6 Å². The number of benzene rings is 3. The van der Waals surface area contributed by atoms with Gasteiger partial charge in [0.1, 0.15) is 17.1 Å². The Hall–Kier alpha value is -2.86. The molecule has 0 amide bonds. The van der Waals surface area contributed by atoms with Gasteiger partial charge in [0.2, 0.25) is 0 Å². The minimum Gasteiger partial charge on any atom is -0.497 e. The molecule has 170 valence electrons. The van der Waals surface area contributed by atoms with Gasteiger partial charge in [-0.25, -0.2) is 0 Å². The summed E-state index contributed by atoms with van der Waals surface area (Å²) in [6, 6.07) is 26.0. The molecule has 0 aromatic heterocycles. The van der Waals surface area contributed by atoms with Crippen LogP contribution in [0.2, 0.25) is 0 Å². The molecule has 3 rings (SSSR count). The van der Waals surface area contributed by atoms with E-state index in [9.17, 15) is 5.11 Å². The van der Waals surface area contributed by atoms with E-state index < -0.39 is 11.2 Å². The van der Waals surface area contributed by atoms with Gasteiger partial charge in [-0.3, -0.25) is 0 Å². The first-order chi connectivity index (χ1) is 15.4. The summed E-state index contributed by atoms with van der Waals surface area (Å²) in [5.74, 6) is 1.55. The van der Waals surface area contributed by atoms with E-state index in [0.29, 0.717) is 13.2 Å². The van der Waals surface area contributed by atoms with Gasteiger partial charge in [0, 0.05) is 0 Å². The van der Waals surface area contributed by atoms with Gasteiger partial charge in [-0.15, -0.1) is 0 Å². The third kappa shape index (κ3) is 5.30. The van der Waals surface area contributed by atoms with E-state index in [2.05, 4.69) is 12.1 Å². The van der Waals surface area contributed by atoms with E-state index in [1.807, 2.05) is 80.6 Å². The SMILES string of the molecule is COc1ccc(C(OCCOC(C)(C)CO)(c2ccccc2)c2ccc(OC)cc2)cc1. The van der Waals surface area contributed by atoms with Crippen molar-refractivity contribution in [2.24, 2.45) is 0 Å². The van der Waals surface area contributed by atoms with Crippen LogP contribution in [0, 0.1) is 0 Å². The molecule has 0 fully saturated rings. The lowest BCUT2D eigenvalue weighted by molar-refractivity contribution is -0.0910. The number of aliphatic hydroxyl groups is 1. The Kier molecular flexibility index (Phi) is 7.91. The lowest BCUT2D eigenvalue weighted by Gasteiger charge is -2.36. The fourth-order valence-electron chi connectivity index (χ4n) is 3.63. The van der Waals surface area contributed by atoms with Crippen molar-refractivity contribution in [1.29, 1.82) is 0 Å². The Labute approximate surface area is 190 Å². The van der Waals surface area contributed by atoms with Crippen LogP contribution in [-0.4, -0.2) is 44.7 Å². The smallest absolute Gasteiger partial charge is 0.143 e. The monoisotopic (exact) mass is 436 g/mol. The summed E-state index contributed by atoms with van der Waals surface area (Å²) in [6.07, 6.45) is 0. The lowest BCUT2D eigenvalue weighted by atomic mass is 9.80. The molecule has 1 N–H and O–H groups in total.